The Morgan fingerprint density at radius 2 is 2.20 bits per heavy atom. The van der Waals surface area contributed by atoms with Gasteiger partial charge in [-0.15, -0.1) is 0 Å². The molecule has 0 aromatic carbocycles. The minimum Gasteiger partial charge on any atom is -0.309 e. The van der Waals surface area contributed by atoms with Gasteiger partial charge in [0.25, 0.3) is 0 Å². The topological polar surface area (TPSA) is 43.1 Å². The van der Waals surface area contributed by atoms with E-state index in [0.717, 1.165) is 19.3 Å². The summed E-state index contributed by atoms with van der Waals surface area (Å²) in [6.07, 6.45) is 3.63. The van der Waals surface area contributed by atoms with Crippen LogP contribution in [0.5, 0.6) is 0 Å². The molecule has 0 aromatic rings. The van der Waals surface area contributed by atoms with Gasteiger partial charge in [-0.25, -0.2) is 0 Å². The molecule has 0 radical (unpaired) electrons. The van der Waals surface area contributed by atoms with Gasteiger partial charge in [0.15, 0.2) is 5.78 Å². The number of nitrogens with two attached hydrogens (primary N) is 1. The number of rotatable bonds is 5. The summed E-state index contributed by atoms with van der Waals surface area (Å²) in [6.45, 7) is 2.09. The molecule has 10 heavy (non-hydrogen) atoms. The van der Waals surface area contributed by atoms with Crippen molar-refractivity contribution in [3.8, 4) is 0 Å². The largest absolute Gasteiger partial charge is 0.309 e. The molecule has 0 aliphatic heterocycles. The molecule has 0 rings (SSSR count). The highest BCUT2D eigenvalue weighted by molar-refractivity contribution is 6.30. The highest BCUT2D eigenvalue weighted by Gasteiger charge is 2.07. The van der Waals surface area contributed by atoms with Crippen molar-refractivity contribution in [3.05, 3.63) is 0 Å². The summed E-state index contributed by atoms with van der Waals surface area (Å²) in [4.78, 5) is 10.8. The Labute approximate surface area is 66.7 Å². The number of Topliss-reactive ketones (excluding diaryl/α,β-unsaturated/α-hetero) is 1. The van der Waals surface area contributed by atoms with Gasteiger partial charge in [-0.05, 0) is 6.42 Å². The zero-order valence-corrected chi connectivity index (χ0v) is 7.03. The van der Waals surface area contributed by atoms with Crippen LogP contribution >= 0.6 is 11.6 Å². The fourth-order valence-corrected chi connectivity index (χ4v) is 0.796. The summed E-state index contributed by atoms with van der Waals surface area (Å²) in [5, 5.41) is 0. The van der Waals surface area contributed by atoms with E-state index in [1.54, 1.807) is 0 Å². The minimum atomic E-state index is -0.795. The minimum absolute atomic E-state index is 0.0462. The lowest BCUT2D eigenvalue weighted by molar-refractivity contribution is -0.118. The van der Waals surface area contributed by atoms with Crippen molar-refractivity contribution in [2.75, 3.05) is 0 Å². The lowest BCUT2D eigenvalue weighted by Gasteiger charge is -2.00. The normalized spacial score (nSPS) is 13.1. The maximum absolute atomic E-state index is 10.8. The third-order valence-corrected chi connectivity index (χ3v) is 1.58. The molecule has 1 unspecified atom stereocenters. The number of carbonyl (C=O) groups is 1. The van der Waals surface area contributed by atoms with E-state index in [2.05, 4.69) is 6.92 Å². The van der Waals surface area contributed by atoms with Gasteiger partial charge in [0.1, 0.15) is 5.50 Å². The highest BCUT2D eigenvalue weighted by atomic mass is 35.5. The van der Waals surface area contributed by atoms with Crippen molar-refractivity contribution in [3.63, 3.8) is 0 Å². The van der Waals surface area contributed by atoms with Crippen LogP contribution < -0.4 is 5.73 Å². The predicted molar refractivity (Wildman–Crippen MR) is 43.0 cm³/mol. The number of halogens is 1. The van der Waals surface area contributed by atoms with Gasteiger partial charge in [-0.1, -0.05) is 31.4 Å². The number of hydrogen-bond acceptors (Lipinski definition) is 2. The number of ketones is 1. The SMILES string of the molecule is CCCCCC(=O)C(N)Cl. The molecule has 60 valence electrons. The first kappa shape index (κ1) is 9.92. The van der Waals surface area contributed by atoms with E-state index in [1.807, 2.05) is 0 Å². The second-order valence-electron chi connectivity index (χ2n) is 2.33. The van der Waals surface area contributed by atoms with E-state index in [-0.39, 0.29) is 5.78 Å². The van der Waals surface area contributed by atoms with Crippen LogP contribution in [-0.4, -0.2) is 11.3 Å². The van der Waals surface area contributed by atoms with Gasteiger partial charge >= 0.3 is 0 Å². The van der Waals surface area contributed by atoms with E-state index in [0.29, 0.717) is 6.42 Å². The lowest BCUT2D eigenvalue weighted by Crippen LogP contribution is -2.23. The number of alkyl halides is 1. The van der Waals surface area contributed by atoms with Crippen molar-refractivity contribution in [2.45, 2.75) is 38.1 Å². The molecule has 2 N–H and O–H groups in total. The summed E-state index contributed by atoms with van der Waals surface area (Å²) in [5.74, 6) is -0.0462. The second-order valence-corrected chi connectivity index (χ2v) is 2.80. The Balaban J connectivity index is 3.22. The van der Waals surface area contributed by atoms with Gasteiger partial charge in [-0.2, -0.15) is 0 Å². The molecule has 3 heteroatoms. The molecule has 0 saturated carbocycles. The first-order valence-electron chi connectivity index (χ1n) is 3.61. The molecule has 0 saturated heterocycles. The van der Waals surface area contributed by atoms with E-state index in [9.17, 15) is 4.79 Å². The van der Waals surface area contributed by atoms with E-state index in [1.165, 1.54) is 0 Å². The summed E-state index contributed by atoms with van der Waals surface area (Å²) < 4.78 is 0. The molecule has 2 nitrogen and oxygen atoms in total. The number of hydrogen-bond donors (Lipinski definition) is 1. The van der Waals surface area contributed by atoms with E-state index < -0.39 is 5.50 Å². The van der Waals surface area contributed by atoms with Crippen molar-refractivity contribution in [2.24, 2.45) is 5.73 Å². The number of carbonyl (C=O) groups excluding carboxylic acids is 1. The van der Waals surface area contributed by atoms with Gasteiger partial charge in [0, 0.05) is 6.42 Å². The fourth-order valence-electron chi connectivity index (χ4n) is 0.687. The van der Waals surface area contributed by atoms with Crippen LogP contribution in [0.4, 0.5) is 0 Å². The Morgan fingerprint density at radius 3 is 2.60 bits per heavy atom. The van der Waals surface area contributed by atoms with Crippen LogP contribution in [0.1, 0.15) is 32.6 Å². The Morgan fingerprint density at radius 1 is 1.60 bits per heavy atom. The summed E-state index contributed by atoms with van der Waals surface area (Å²) in [6, 6.07) is 0. The molecule has 0 amide bonds. The maximum Gasteiger partial charge on any atom is 0.164 e. The first-order chi connectivity index (χ1) is 4.68. The Kier molecular flexibility index (Phi) is 5.64. The molecule has 0 aliphatic carbocycles. The van der Waals surface area contributed by atoms with Gasteiger partial charge in [-0.3, -0.25) is 4.79 Å². The molecular formula is C7H14ClNO. The zero-order chi connectivity index (χ0) is 7.98. The Hall–Kier alpha value is -0.0800. The first-order valence-corrected chi connectivity index (χ1v) is 4.04. The van der Waals surface area contributed by atoms with Crippen molar-refractivity contribution < 1.29 is 4.79 Å². The molecule has 0 aromatic heterocycles. The second kappa shape index (κ2) is 5.69. The van der Waals surface area contributed by atoms with Gasteiger partial charge in [0.2, 0.25) is 0 Å². The average Bonchev–Trinajstić information content (AvgIpc) is 1.88. The standard InChI is InChI=1S/C7H14ClNO/c1-2-3-4-5-6(10)7(8)9/h7H,2-5,9H2,1H3. The van der Waals surface area contributed by atoms with Crippen LogP contribution in [0.2, 0.25) is 0 Å². The predicted octanol–water partition coefficient (Wildman–Crippen LogP) is 1.66. The molecule has 0 heterocycles. The zero-order valence-electron chi connectivity index (χ0n) is 6.27. The van der Waals surface area contributed by atoms with Crippen LogP contribution in [0.25, 0.3) is 0 Å². The van der Waals surface area contributed by atoms with Crippen LogP contribution in [0.3, 0.4) is 0 Å². The van der Waals surface area contributed by atoms with Crippen LogP contribution in [-0.2, 0) is 4.79 Å². The Bertz CT molecular complexity index is 104. The molecule has 0 spiro atoms. The lowest BCUT2D eigenvalue weighted by atomic mass is 10.1. The summed E-state index contributed by atoms with van der Waals surface area (Å²) in [7, 11) is 0. The van der Waals surface area contributed by atoms with Gasteiger partial charge < -0.3 is 5.73 Å². The van der Waals surface area contributed by atoms with E-state index in [4.69, 9.17) is 17.3 Å². The smallest absolute Gasteiger partial charge is 0.164 e. The summed E-state index contributed by atoms with van der Waals surface area (Å²) >= 11 is 5.34. The third-order valence-electron chi connectivity index (χ3n) is 1.33. The van der Waals surface area contributed by atoms with Gasteiger partial charge in [0.05, 0.1) is 0 Å². The van der Waals surface area contributed by atoms with Crippen molar-refractivity contribution in [1.29, 1.82) is 0 Å². The summed E-state index contributed by atoms with van der Waals surface area (Å²) in [5.41, 5.74) is 4.34. The average molecular weight is 164 g/mol. The number of unbranched alkanes of at least 4 members (excludes halogenated alkanes) is 2. The highest BCUT2D eigenvalue weighted by Crippen LogP contribution is 2.02. The molecule has 1 atom stereocenters. The molecular weight excluding hydrogens is 150 g/mol. The quantitative estimate of drug-likeness (QED) is 0.381. The van der Waals surface area contributed by atoms with Crippen molar-refractivity contribution >= 4 is 17.4 Å². The molecule has 0 bridgehead atoms. The molecule has 0 aliphatic rings. The molecule has 0 fully saturated rings. The monoisotopic (exact) mass is 163 g/mol. The third kappa shape index (κ3) is 4.77. The van der Waals surface area contributed by atoms with E-state index >= 15 is 0 Å². The fraction of sp³-hybridized carbons (Fsp3) is 0.857. The van der Waals surface area contributed by atoms with Crippen molar-refractivity contribution in [1.82, 2.24) is 0 Å². The van der Waals surface area contributed by atoms with Crippen LogP contribution in [0.15, 0.2) is 0 Å². The van der Waals surface area contributed by atoms with Crippen LogP contribution in [0, 0.1) is 0 Å². The maximum atomic E-state index is 10.8.